The molecule has 0 bridgehead atoms. The molecule has 5 nitrogen and oxygen atoms in total. The third-order valence-corrected chi connectivity index (χ3v) is 3.13. The molecule has 0 aliphatic rings. The average molecular weight is 324 g/mol. The molecule has 1 amide bonds. The van der Waals surface area contributed by atoms with Crippen molar-refractivity contribution in [1.82, 2.24) is 10.6 Å². The minimum atomic E-state index is -0.260. The van der Waals surface area contributed by atoms with Gasteiger partial charge in [0.25, 0.3) is 5.91 Å². The Hall–Kier alpha value is -1.66. The highest BCUT2D eigenvalue weighted by Gasteiger charge is 2.08. The predicted molar refractivity (Wildman–Crippen MR) is 91.3 cm³/mol. The molecule has 22 heavy (non-hydrogen) atoms. The molecule has 1 rings (SSSR count). The van der Waals surface area contributed by atoms with Crippen LogP contribution in [0.3, 0.4) is 0 Å². The van der Waals surface area contributed by atoms with Gasteiger partial charge in [0.1, 0.15) is 5.75 Å². The lowest BCUT2D eigenvalue weighted by atomic mass is 10.1. The van der Waals surface area contributed by atoms with Gasteiger partial charge in [-0.1, -0.05) is 19.9 Å². The number of carbonyl (C=O) groups excluding carboxylic acids is 1. The summed E-state index contributed by atoms with van der Waals surface area (Å²) in [6.45, 7) is 6.00. The highest BCUT2D eigenvalue weighted by molar-refractivity contribution is 7.80. The molecule has 0 aromatic heterocycles. The summed E-state index contributed by atoms with van der Waals surface area (Å²) in [6, 6.07) is 7.07. The highest BCUT2D eigenvalue weighted by atomic mass is 32.1. The molecule has 1 aromatic carbocycles. The van der Waals surface area contributed by atoms with Crippen LogP contribution in [0.1, 0.15) is 30.6 Å². The van der Waals surface area contributed by atoms with Gasteiger partial charge in [-0.25, -0.2) is 0 Å². The van der Waals surface area contributed by atoms with Crippen molar-refractivity contribution in [1.29, 1.82) is 0 Å². The van der Waals surface area contributed by atoms with Gasteiger partial charge >= 0.3 is 0 Å². The number of carbonyl (C=O) groups is 1. The first kappa shape index (κ1) is 18.4. The van der Waals surface area contributed by atoms with Crippen molar-refractivity contribution in [2.24, 2.45) is 5.92 Å². The summed E-state index contributed by atoms with van der Waals surface area (Å²) >= 11 is 5.05. The van der Waals surface area contributed by atoms with E-state index in [2.05, 4.69) is 24.5 Å². The van der Waals surface area contributed by atoms with Gasteiger partial charge in [0.05, 0.1) is 13.2 Å². The number of nitrogens with one attached hydrogen (secondary N) is 2. The van der Waals surface area contributed by atoms with E-state index in [0.29, 0.717) is 37.0 Å². The lowest BCUT2D eigenvalue weighted by Gasteiger charge is -2.11. The maximum atomic E-state index is 12.1. The molecule has 0 unspecified atom stereocenters. The van der Waals surface area contributed by atoms with Crippen molar-refractivity contribution < 1.29 is 14.3 Å². The zero-order valence-corrected chi connectivity index (χ0v) is 14.2. The number of rotatable bonds is 8. The maximum Gasteiger partial charge on any atom is 0.257 e. The van der Waals surface area contributed by atoms with Gasteiger partial charge in [-0.05, 0) is 42.8 Å². The number of methoxy groups -OCH3 is 1. The minimum absolute atomic E-state index is 0.260. The Morgan fingerprint density at radius 3 is 2.77 bits per heavy atom. The molecule has 6 heteroatoms. The Morgan fingerprint density at radius 1 is 1.32 bits per heavy atom. The molecule has 0 radical (unpaired) electrons. The third-order valence-electron chi connectivity index (χ3n) is 2.88. The quantitative estimate of drug-likeness (QED) is 0.568. The smallest absolute Gasteiger partial charge is 0.257 e. The molecule has 0 saturated carbocycles. The zero-order chi connectivity index (χ0) is 16.4. The molecule has 2 N–H and O–H groups in total. The Morgan fingerprint density at radius 2 is 2.09 bits per heavy atom. The fraction of sp³-hybridized carbons (Fsp3) is 0.500. The molecule has 0 aliphatic heterocycles. The van der Waals surface area contributed by atoms with E-state index in [1.54, 1.807) is 25.3 Å². The molecule has 0 spiro atoms. The van der Waals surface area contributed by atoms with Crippen LogP contribution in [0.4, 0.5) is 0 Å². The number of thiocarbonyl (C=S) groups is 1. The van der Waals surface area contributed by atoms with Gasteiger partial charge in [-0.3, -0.25) is 10.1 Å². The number of ether oxygens (including phenoxy) is 2. The van der Waals surface area contributed by atoms with Crippen LogP contribution in [0.2, 0.25) is 0 Å². The van der Waals surface area contributed by atoms with E-state index in [1.165, 1.54) is 0 Å². The SMILES string of the molecule is COCCNC(=S)NC(=O)c1cccc(OCCC(C)C)c1. The molecule has 0 heterocycles. The Kier molecular flexibility index (Phi) is 8.47. The van der Waals surface area contributed by atoms with Crippen LogP contribution < -0.4 is 15.4 Å². The summed E-state index contributed by atoms with van der Waals surface area (Å²) in [6.07, 6.45) is 0.976. The average Bonchev–Trinajstić information content (AvgIpc) is 2.47. The van der Waals surface area contributed by atoms with E-state index in [1.807, 2.05) is 6.07 Å². The van der Waals surface area contributed by atoms with Crippen LogP contribution in [0.5, 0.6) is 5.75 Å². The normalized spacial score (nSPS) is 10.4. The second-order valence-electron chi connectivity index (χ2n) is 5.26. The Labute approximate surface area is 137 Å². The summed E-state index contributed by atoms with van der Waals surface area (Å²) in [5, 5.41) is 5.80. The second kappa shape index (κ2) is 10.1. The first-order chi connectivity index (χ1) is 10.5. The minimum Gasteiger partial charge on any atom is -0.494 e. The topological polar surface area (TPSA) is 59.6 Å². The van der Waals surface area contributed by atoms with Crippen LogP contribution in [0.25, 0.3) is 0 Å². The summed E-state index contributed by atoms with van der Waals surface area (Å²) in [5.41, 5.74) is 0.512. The largest absolute Gasteiger partial charge is 0.494 e. The Bertz CT molecular complexity index is 492. The van der Waals surface area contributed by atoms with Gasteiger partial charge in [0.2, 0.25) is 0 Å². The van der Waals surface area contributed by atoms with Crippen LogP contribution in [0.15, 0.2) is 24.3 Å². The van der Waals surface area contributed by atoms with Crippen LogP contribution in [0, 0.1) is 5.92 Å². The second-order valence-corrected chi connectivity index (χ2v) is 5.67. The predicted octanol–water partition coefficient (Wildman–Crippen LogP) is 2.36. The van der Waals surface area contributed by atoms with Gasteiger partial charge < -0.3 is 14.8 Å². The molecular weight excluding hydrogens is 300 g/mol. The number of hydrogen-bond donors (Lipinski definition) is 2. The fourth-order valence-electron chi connectivity index (χ4n) is 1.63. The standard InChI is InChI=1S/C16H24N2O3S/c1-12(2)7-9-21-14-6-4-5-13(11-14)15(19)18-16(22)17-8-10-20-3/h4-6,11-12H,7-10H2,1-3H3,(H2,17,18,19,22). The number of hydrogen-bond acceptors (Lipinski definition) is 4. The summed E-state index contributed by atoms with van der Waals surface area (Å²) in [7, 11) is 1.61. The van der Waals surface area contributed by atoms with E-state index < -0.39 is 0 Å². The molecular formula is C16H24N2O3S. The molecule has 0 atom stereocenters. The lowest BCUT2D eigenvalue weighted by Crippen LogP contribution is -2.40. The summed E-state index contributed by atoms with van der Waals surface area (Å²) < 4.78 is 10.5. The first-order valence-electron chi connectivity index (χ1n) is 7.34. The lowest BCUT2D eigenvalue weighted by molar-refractivity contribution is 0.0976. The molecule has 0 saturated heterocycles. The summed E-state index contributed by atoms with van der Waals surface area (Å²) in [4.78, 5) is 12.1. The van der Waals surface area contributed by atoms with Crippen molar-refractivity contribution in [3.63, 3.8) is 0 Å². The van der Waals surface area contributed by atoms with Crippen LogP contribution in [-0.2, 0) is 4.74 Å². The highest BCUT2D eigenvalue weighted by Crippen LogP contribution is 2.14. The van der Waals surface area contributed by atoms with Crippen molar-refractivity contribution in [2.75, 3.05) is 26.9 Å². The van der Waals surface area contributed by atoms with Crippen molar-refractivity contribution in [3.05, 3.63) is 29.8 Å². The van der Waals surface area contributed by atoms with E-state index in [0.717, 1.165) is 6.42 Å². The van der Waals surface area contributed by atoms with Gasteiger partial charge in [-0.15, -0.1) is 0 Å². The third kappa shape index (κ3) is 7.38. The molecule has 0 aliphatic carbocycles. The number of amides is 1. The van der Waals surface area contributed by atoms with Crippen molar-refractivity contribution in [2.45, 2.75) is 20.3 Å². The van der Waals surface area contributed by atoms with Crippen LogP contribution in [-0.4, -0.2) is 37.9 Å². The first-order valence-corrected chi connectivity index (χ1v) is 7.74. The van der Waals surface area contributed by atoms with Crippen molar-refractivity contribution >= 4 is 23.2 Å². The van der Waals surface area contributed by atoms with Gasteiger partial charge in [-0.2, -0.15) is 0 Å². The van der Waals surface area contributed by atoms with Gasteiger partial charge in [0.15, 0.2) is 5.11 Å². The monoisotopic (exact) mass is 324 g/mol. The van der Waals surface area contributed by atoms with Crippen molar-refractivity contribution in [3.8, 4) is 5.75 Å². The van der Waals surface area contributed by atoms with E-state index >= 15 is 0 Å². The summed E-state index contributed by atoms with van der Waals surface area (Å²) in [5.74, 6) is 1.01. The number of benzene rings is 1. The molecule has 0 fully saturated rings. The fourth-order valence-corrected chi connectivity index (χ4v) is 1.82. The zero-order valence-electron chi connectivity index (χ0n) is 13.3. The van der Waals surface area contributed by atoms with E-state index in [9.17, 15) is 4.79 Å². The van der Waals surface area contributed by atoms with E-state index in [4.69, 9.17) is 21.7 Å². The van der Waals surface area contributed by atoms with Gasteiger partial charge in [0, 0.05) is 19.2 Å². The van der Waals surface area contributed by atoms with E-state index in [-0.39, 0.29) is 11.0 Å². The Balaban J connectivity index is 2.49. The van der Waals surface area contributed by atoms with Crippen LogP contribution >= 0.6 is 12.2 Å². The molecule has 122 valence electrons. The maximum absolute atomic E-state index is 12.1. The molecule has 1 aromatic rings.